The summed E-state index contributed by atoms with van der Waals surface area (Å²) >= 11 is 0. The number of rotatable bonds is 3. The van der Waals surface area contributed by atoms with E-state index in [0.29, 0.717) is 22.8 Å². The van der Waals surface area contributed by atoms with Crippen molar-refractivity contribution < 1.29 is 19.0 Å². The fourth-order valence-corrected chi connectivity index (χ4v) is 2.56. The Morgan fingerprint density at radius 2 is 1.83 bits per heavy atom. The average molecular weight is 311 g/mol. The lowest BCUT2D eigenvalue weighted by Crippen LogP contribution is -2.16. The highest BCUT2D eigenvalue weighted by molar-refractivity contribution is 6.23. The summed E-state index contributed by atoms with van der Waals surface area (Å²) in [6.45, 7) is 0.204. The van der Waals surface area contributed by atoms with Crippen molar-refractivity contribution in [2.75, 3.05) is 20.0 Å². The first-order chi connectivity index (χ1) is 11.1. The zero-order chi connectivity index (χ0) is 16.4. The Morgan fingerprint density at radius 1 is 1.13 bits per heavy atom. The predicted octanol–water partition coefficient (Wildman–Crippen LogP) is 2.88. The molecule has 0 fully saturated rings. The fourth-order valence-electron chi connectivity index (χ4n) is 2.56. The number of carbonyl (C=O) groups excluding carboxylic acids is 1. The van der Waals surface area contributed by atoms with Crippen LogP contribution in [0.25, 0.3) is 11.6 Å². The molecule has 0 aliphatic carbocycles. The molecule has 0 saturated heterocycles. The van der Waals surface area contributed by atoms with Crippen LogP contribution in [0.15, 0.2) is 36.4 Å². The first-order valence-electron chi connectivity index (χ1n) is 7.12. The minimum Gasteiger partial charge on any atom is -0.493 e. The van der Waals surface area contributed by atoms with Crippen LogP contribution < -0.4 is 15.2 Å². The summed E-state index contributed by atoms with van der Waals surface area (Å²) < 4.78 is 15.9. The van der Waals surface area contributed by atoms with Gasteiger partial charge < -0.3 is 19.9 Å². The highest BCUT2D eigenvalue weighted by atomic mass is 16.5. The van der Waals surface area contributed by atoms with E-state index in [9.17, 15) is 4.79 Å². The third kappa shape index (κ3) is 2.73. The Morgan fingerprint density at radius 3 is 2.52 bits per heavy atom. The van der Waals surface area contributed by atoms with Crippen LogP contribution in [-0.4, -0.2) is 20.2 Å². The lowest BCUT2D eigenvalue weighted by atomic mass is 9.95. The van der Waals surface area contributed by atoms with Crippen molar-refractivity contribution in [3.8, 4) is 11.5 Å². The number of hydrogen-bond donors (Lipinski definition) is 1. The topological polar surface area (TPSA) is 70.8 Å². The van der Waals surface area contributed by atoms with Gasteiger partial charge in [-0.15, -0.1) is 0 Å². The van der Waals surface area contributed by atoms with Gasteiger partial charge in [0.15, 0.2) is 11.5 Å². The second kappa shape index (κ2) is 6.04. The Kier molecular flexibility index (Phi) is 3.93. The van der Waals surface area contributed by atoms with Crippen molar-refractivity contribution >= 4 is 23.3 Å². The third-order valence-electron chi connectivity index (χ3n) is 3.77. The van der Waals surface area contributed by atoms with Crippen LogP contribution >= 0.6 is 0 Å². The molecule has 0 unspecified atom stereocenters. The lowest BCUT2D eigenvalue weighted by molar-refractivity contribution is -0.138. The smallest absolute Gasteiger partial charge is 0.339 e. The maximum absolute atomic E-state index is 12.2. The minimum absolute atomic E-state index is 0.204. The van der Waals surface area contributed by atoms with Crippen LogP contribution in [0.3, 0.4) is 0 Å². The molecular weight excluding hydrogens is 294 g/mol. The second-order valence-corrected chi connectivity index (χ2v) is 5.13. The molecule has 1 heterocycles. The maximum Gasteiger partial charge on any atom is 0.339 e. The van der Waals surface area contributed by atoms with Gasteiger partial charge in [0.05, 0.1) is 19.8 Å². The van der Waals surface area contributed by atoms with E-state index in [1.165, 1.54) is 0 Å². The van der Waals surface area contributed by atoms with E-state index in [0.717, 1.165) is 16.7 Å². The van der Waals surface area contributed by atoms with Gasteiger partial charge in [0, 0.05) is 11.3 Å². The van der Waals surface area contributed by atoms with Gasteiger partial charge in [0.1, 0.15) is 6.61 Å². The number of nitrogen functional groups attached to an aromatic ring is 1. The molecule has 5 nitrogen and oxygen atoms in total. The number of anilines is 1. The van der Waals surface area contributed by atoms with E-state index in [2.05, 4.69) is 0 Å². The number of benzene rings is 2. The van der Waals surface area contributed by atoms with Crippen molar-refractivity contribution in [1.82, 2.24) is 0 Å². The quantitative estimate of drug-likeness (QED) is 0.536. The molecule has 5 heteroatoms. The Bertz CT molecular complexity index is 796. The fraction of sp³-hybridized carbons (Fsp3) is 0.167. The molecule has 1 aliphatic rings. The molecule has 2 N–H and O–H groups in total. The monoisotopic (exact) mass is 311 g/mol. The highest BCUT2D eigenvalue weighted by Gasteiger charge is 2.25. The van der Waals surface area contributed by atoms with Gasteiger partial charge in [-0.2, -0.15) is 0 Å². The number of esters is 1. The molecule has 0 aromatic heterocycles. The molecule has 0 radical (unpaired) electrons. The Hall–Kier alpha value is -2.95. The number of para-hydroxylation sites is 1. The standard InChI is InChI=1S/C18H17NO4/c1-21-16-8-12-10-23-18(20)14(13(12)9-17(16)22-2)7-11-5-3-4-6-15(11)19/h3-9H,10,19H2,1-2H3. The first-order valence-corrected chi connectivity index (χ1v) is 7.12. The summed E-state index contributed by atoms with van der Waals surface area (Å²) in [5, 5.41) is 0. The normalized spacial score (nSPS) is 15.0. The van der Waals surface area contributed by atoms with Crippen molar-refractivity contribution in [2.45, 2.75) is 6.61 Å². The summed E-state index contributed by atoms with van der Waals surface area (Å²) in [7, 11) is 3.13. The van der Waals surface area contributed by atoms with Crippen LogP contribution in [0, 0.1) is 0 Å². The number of carbonyl (C=O) groups is 1. The van der Waals surface area contributed by atoms with E-state index in [4.69, 9.17) is 19.9 Å². The van der Waals surface area contributed by atoms with Gasteiger partial charge in [-0.3, -0.25) is 0 Å². The number of cyclic esters (lactones) is 1. The van der Waals surface area contributed by atoms with Crippen molar-refractivity contribution in [1.29, 1.82) is 0 Å². The van der Waals surface area contributed by atoms with Crippen LogP contribution in [0.5, 0.6) is 11.5 Å². The van der Waals surface area contributed by atoms with Gasteiger partial charge >= 0.3 is 5.97 Å². The zero-order valence-electron chi connectivity index (χ0n) is 13.0. The molecule has 0 saturated carbocycles. The minimum atomic E-state index is -0.382. The van der Waals surface area contributed by atoms with Crippen LogP contribution in [0.4, 0.5) is 5.69 Å². The molecule has 0 amide bonds. The van der Waals surface area contributed by atoms with E-state index < -0.39 is 0 Å². The molecule has 2 aromatic rings. The molecular formula is C18H17NO4. The van der Waals surface area contributed by atoms with Gasteiger partial charge in [-0.05, 0) is 35.4 Å². The summed E-state index contributed by atoms with van der Waals surface area (Å²) in [4.78, 5) is 12.2. The number of ether oxygens (including phenoxy) is 3. The van der Waals surface area contributed by atoms with E-state index >= 15 is 0 Å². The number of fused-ring (bicyclic) bond motifs is 1. The number of methoxy groups -OCH3 is 2. The average Bonchev–Trinajstić information content (AvgIpc) is 2.58. The van der Waals surface area contributed by atoms with Crippen molar-refractivity contribution in [3.05, 3.63) is 53.1 Å². The van der Waals surface area contributed by atoms with Crippen LogP contribution in [-0.2, 0) is 16.1 Å². The maximum atomic E-state index is 12.2. The summed E-state index contributed by atoms with van der Waals surface area (Å²) in [6, 6.07) is 11.0. The number of hydrogen-bond acceptors (Lipinski definition) is 5. The van der Waals surface area contributed by atoms with E-state index in [-0.39, 0.29) is 12.6 Å². The molecule has 0 atom stereocenters. The van der Waals surface area contributed by atoms with Gasteiger partial charge in [-0.1, -0.05) is 18.2 Å². The summed E-state index contributed by atoms with van der Waals surface area (Å²) in [5.74, 6) is 0.781. The molecule has 23 heavy (non-hydrogen) atoms. The molecule has 0 spiro atoms. The van der Waals surface area contributed by atoms with Crippen molar-refractivity contribution in [3.63, 3.8) is 0 Å². The summed E-state index contributed by atoms with van der Waals surface area (Å²) in [6.07, 6.45) is 1.74. The van der Waals surface area contributed by atoms with E-state index in [1.807, 2.05) is 24.3 Å². The predicted molar refractivity (Wildman–Crippen MR) is 88.1 cm³/mol. The second-order valence-electron chi connectivity index (χ2n) is 5.13. The molecule has 1 aliphatic heterocycles. The van der Waals surface area contributed by atoms with Gasteiger partial charge in [0.25, 0.3) is 0 Å². The zero-order valence-corrected chi connectivity index (χ0v) is 13.0. The van der Waals surface area contributed by atoms with Crippen molar-refractivity contribution in [2.24, 2.45) is 0 Å². The molecule has 118 valence electrons. The highest BCUT2D eigenvalue weighted by Crippen LogP contribution is 2.37. The molecule has 3 rings (SSSR count). The largest absolute Gasteiger partial charge is 0.493 e. The number of nitrogens with two attached hydrogens (primary N) is 1. The molecule has 2 aromatic carbocycles. The third-order valence-corrected chi connectivity index (χ3v) is 3.77. The molecule has 0 bridgehead atoms. The SMILES string of the molecule is COc1cc2c(cc1OC)C(=Cc1ccccc1N)C(=O)OC2. The van der Waals surface area contributed by atoms with Gasteiger partial charge in [-0.25, -0.2) is 4.79 Å². The first kappa shape index (κ1) is 15.0. The lowest BCUT2D eigenvalue weighted by Gasteiger charge is -2.21. The van der Waals surface area contributed by atoms with Crippen LogP contribution in [0.2, 0.25) is 0 Å². The van der Waals surface area contributed by atoms with Crippen LogP contribution in [0.1, 0.15) is 16.7 Å². The Labute approximate surface area is 134 Å². The Balaban J connectivity index is 2.17. The van der Waals surface area contributed by atoms with E-state index in [1.54, 1.807) is 32.4 Å². The van der Waals surface area contributed by atoms with Gasteiger partial charge in [0.2, 0.25) is 0 Å². The summed E-state index contributed by atoms with van der Waals surface area (Å²) in [5.41, 5.74) is 9.41.